The van der Waals surface area contributed by atoms with E-state index in [0.29, 0.717) is 11.4 Å². The van der Waals surface area contributed by atoms with Gasteiger partial charge in [-0.3, -0.25) is 4.79 Å². The third-order valence-corrected chi connectivity index (χ3v) is 3.29. The Morgan fingerprint density at radius 3 is 2.47 bits per heavy atom. The highest BCUT2D eigenvalue weighted by Gasteiger charge is 2.40. The van der Waals surface area contributed by atoms with Gasteiger partial charge in [0.05, 0.1) is 12.6 Å². The maximum atomic E-state index is 11.9. The van der Waals surface area contributed by atoms with Crippen LogP contribution in [0.3, 0.4) is 0 Å². The largest absolute Gasteiger partial charge is 0.468 e. The van der Waals surface area contributed by atoms with Crippen LogP contribution < -0.4 is 17.2 Å². The lowest BCUT2D eigenvalue weighted by Crippen LogP contribution is -2.47. The summed E-state index contributed by atoms with van der Waals surface area (Å²) in [5.41, 5.74) is 18.7. The van der Waals surface area contributed by atoms with Crippen LogP contribution in [0.4, 0.5) is 5.69 Å². The second-order valence-electron chi connectivity index (χ2n) is 4.56. The predicted molar refractivity (Wildman–Crippen MR) is 73.6 cm³/mol. The number of methoxy groups -OCH3 is 1. The van der Waals surface area contributed by atoms with Gasteiger partial charge in [0, 0.05) is 11.4 Å². The van der Waals surface area contributed by atoms with Crippen LogP contribution >= 0.6 is 0 Å². The Labute approximate surface area is 111 Å². The van der Waals surface area contributed by atoms with Crippen LogP contribution in [0.5, 0.6) is 0 Å². The molecular weight excluding hydrogens is 242 g/mol. The van der Waals surface area contributed by atoms with Gasteiger partial charge in [-0.1, -0.05) is 18.2 Å². The van der Waals surface area contributed by atoms with E-state index in [1.807, 2.05) is 0 Å². The number of benzene rings is 1. The van der Waals surface area contributed by atoms with Gasteiger partial charge in [0.2, 0.25) is 0 Å². The maximum absolute atomic E-state index is 11.9. The van der Waals surface area contributed by atoms with Gasteiger partial charge in [-0.15, -0.1) is 0 Å². The van der Waals surface area contributed by atoms with E-state index in [2.05, 4.69) is 0 Å². The first kappa shape index (κ1) is 13.2. The molecule has 1 aliphatic rings. The normalized spacial score (nSPS) is 25.8. The highest BCUT2D eigenvalue weighted by molar-refractivity contribution is 5.78. The average molecular weight is 259 g/mol. The number of anilines is 1. The summed E-state index contributed by atoms with van der Waals surface area (Å²) in [4.78, 5) is 11.9. The Hall–Kier alpha value is -2.27. The van der Waals surface area contributed by atoms with Crippen molar-refractivity contribution < 1.29 is 9.53 Å². The van der Waals surface area contributed by atoms with E-state index >= 15 is 0 Å². The van der Waals surface area contributed by atoms with Gasteiger partial charge < -0.3 is 21.9 Å². The van der Waals surface area contributed by atoms with Crippen LogP contribution in [-0.2, 0) is 15.1 Å². The van der Waals surface area contributed by atoms with Gasteiger partial charge >= 0.3 is 5.97 Å². The van der Waals surface area contributed by atoms with Gasteiger partial charge in [-0.25, -0.2) is 0 Å². The van der Waals surface area contributed by atoms with Gasteiger partial charge in [0.15, 0.2) is 0 Å². The number of allylic oxidation sites excluding steroid dienone is 1. The van der Waals surface area contributed by atoms with Crippen LogP contribution in [0.1, 0.15) is 5.56 Å². The summed E-state index contributed by atoms with van der Waals surface area (Å²) in [6.45, 7) is 0. The van der Waals surface area contributed by atoms with Gasteiger partial charge in [0.1, 0.15) is 5.92 Å². The van der Waals surface area contributed by atoms with Crippen molar-refractivity contribution in [2.45, 2.75) is 5.54 Å². The van der Waals surface area contributed by atoms with Crippen LogP contribution in [0, 0.1) is 5.92 Å². The van der Waals surface area contributed by atoms with Crippen molar-refractivity contribution in [2.24, 2.45) is 17.4 Å². The lowest BCUT2D eigenvalue weighted by molar-refractivity contribution is -0.145. The number of hydrogen-bond donors (Lipinski definition) is 3. The zero-order chi connectivity index (χ0) is 14.0. The minimum atomic E-state index is -0.982. The predicted octanol–water partition coefficient (Wildman–Crippen LogP) is 0.624. The first-order valence-corrected chi connectivity index (χ1v) is 5.86. The van der Waals surface area contributed by atoms with Crippen molar-refractivity contribution in [2.75, 3.05) is 12.8 Å². The summed E-state index contributed by atoms with van der Waals surface area (Å²) in [5, 5.41) is 0. The van der Waals surface area contributed by atoms with Crippen LogP contribution in [-0.4, -0.2) is 13.1 Å². The Morgan fingerprint density at radius 1 is 1.26 bits per heavy atom. The third kappa shape index (κ3) is 2.32. The lowest BCUT2D eigenvalue weighted by Gasteiger charge is -2.34. The minimum absolute atomic E-state index is 0.424. The summed E-state index contributed by atoms with van der Waals surface area (Å²) in [5.74, 6) is -1.09. The van der Waals surface area contributed by atoms with E-state index in [9.17, 15) is 4.79 Å². The van der Waals surface area contributed by atoms with Crippen molar-refractivity contribution in [3.8, 4) is 0 Å². The molecule has 1 aromatic carbocycles. The molecule has 0 fully saturated rings. The zero-order valence-corrected chi connectivity index (χ0v) is 10.7. The van der Waals surface area contributed by atoms with Crippen molar-refractivity contribution in [1.82, 2.24) is 0 Å². The maximum Gasteiger partial charge on any atom is 0.315 e. The number of nitrogen functional groups attached to an aromatic ring is 1. The number of esters is 1. The molecule has 0 aromatic heterocycles. The molecule has 0 spiro atoms. The second kappa shape index (κ2) is 4.78. The molecule has 0 amide bonds. The molecule has 2 unspecified atom stereocenters. The van der Waals surface area contributed by atoms with Gasteiger partial charge in [-0.2, -0.15) is 0 Å². The first-order chi connectivity index (χ1) is 8.97. The molecular formula is C14H17N3O2. The van der Waals surface area contributed by atoms with Crippen LogP contribution in [0.15, 0.2) is 48.2 Å². The molecule has 100 valence electrons. The molecule has 2 rings (SSSR count). The first-order valence-electron chi connectivity index (χ1n) is 5.86. The lowest BCUT2D eigenvalue weighted by atomic mass is 9.75. The zero-order valence-electron chi connectivity index (χ0n) is 10.7. The van der Waals surface area contributed by atoms with Crippen molar-refractivity contribution >= 4 is 11.7 Å². The molecule has 0 saturated carbocycles. The fourth-order valence-corrected chi connectivity index (χ4v) is 2.16. The van der Waals surface area contributed by atoms with Gasteiger partial charge in [0.25, 0.3) is 0 Å². The highest BCUT2D eigenvalue weighted by atomic mass is 16.5. The van der Waals surface area contributed by atoms with E-state index in [1.165, 1.54) is 7.11 Å². The Bertz CT molecular complexity index is 548. The average Bonchev–Trinajstić information content (AvgIpc) is 2.41. The van der Waals surface area contributed by atoms with E-state index in [-0.39, 0.29) is 0 Å². The second-order valence-corrected chi connectivity index (χ2v) is 4.56. The Balaban J connectivity index is 2.47. The molecule has 2 atom stereocenters. The molecule has 0 radical (unpaired) electrons. The van der Waals surface area contributed by atoms with Gasteiger partial charge in [-0.05, 0) is 29.8 Å². The number of nitrogens with two attached hydrogens (primary N) is 3. The molecule has 0 aliphatic heterocycles. The van der Waals surface area contributed by atoms with E-state index in [0.717, 1.165) is 5.56 Å². The number of rotatable bonds is 2. The molecule has 0 saturated heterocycles. The van der Waals surface area contributed by atoms with E-state index in [4.69, 9.17) is 21.9 Å². The Kier molecular flexibility index (Phi) is 3.31. The fraction of sp³-hybridized carbons (Fsp3) is 0.214. The molecule has 1 aromatic rings. The van der Waals surface area contributed by atoms with Crippen molar-refractivity contribution in [3.05, 3.63) is 53.8 Å². The van der Waals surface area contributed by atoms with Crippen LogP contribution in [0.25, 0.3) is 0 Å². The monoisotopic (exact) mass is 259 g/mol. The molecule has 19 heavy (non-hydrogen) atoms. The smallest absolute Gasteiger partial charge is 0.315 e. The summed E-state index contributed by atoms with van der Waals surface area (Å²) in [6.07, 6.45) is 5.02. The molecule has 0 bridgehead atoms. The number of hydrogen-bond acceptors (Lipinski definition) is 5. The summed E-state index contributed by atoms with van der Waals surface area (Å²) >= 11 is 0. The quantitative estimate of drug-likeness (QED) is 0.533. The molecule has 5 heteroatoms. The highest BCUT2D eigenvalue weighted by Crippen LogP contribution is 2.34. The fourth-order valence-electron chi connectivity index (χ4n) is 2.16. The Morgan fingerprint density at radius 2 is 1.89 bits per heavy atom. The molecule has 1 aliphatic carbocycles. The summed E-state index contributed by atoms with van der Waals surface area (Å²) in [6, 6.07) is 7.08. The standard InChI is InChI=1S/C14H17N3O2/c1-19-13(18)12-8-11(16)6-7-14(12,17)9-2-4-10(15)5-3-9/h2-8,12H,15-17H2,1H3. The number of carbonyl (C=O) groups is 1. The number of ether oxygens (including phenoxy) is 1. The van der Waals surface area contributed by atoms with Crippen LogP contribution in [0.2, 0.25) is 0 Å². The molecule has 0 heterocycles. The van der Waals surface area contributed by atoms with Crippen molar-refractivity contribution in [1.29, 1.82) is 0 Å². The topological polar surface area (TPSA) is 104 Å². The summed E-state index contributed by atoms with van der Waals surface area (Å²) < 4.78 is 4.80. The van der Waals surface area contributed by atoms with E-state index in [1.54, 1.807) is 42.5 Å². The van der Waals surface area contributed by atoms with E-state index < -0.39 is 17.4 Å². The SMILES string of the molecule is COC(=O)C1C=C(N)C=CC1(N)c1ccc(N)cc1. The molecule has 5 nitrogen and oxygen atoms in total. The number of carbonyl (C=O) groups excluding carboxylic acids is 1. The van der Waals surface area contributed by atoms with Crippen molar-refractivity contribution in [3.63, 3.8) is 0 Å². The summed E-state index contributed by atoms with van der Waals surface area (Å²) in [7, 11) is 1.33. The molecule has 6 N–H and O–H groups in total. The minimum Gasteiger partial charge on any atom is -0.468 e. The third-order valence-electron chi connectivity index (χ3n) is 3.29.